The molecule has 5 nitrogen and oxygen atoms in total. The maximum absolute atomic E-state index is 12.6. The fourth-order valence-electron chi connectivity index (χ4n) is 2.38. The highest BCUT2D eigenvalue weighted by molar-refractivity contribution is 5.87. The molecule has 1 amide bonds. The fourth-order valence-corrected chi connectivity index (χ4v) is 2.38. The first-order chi connectivity index (χ1) is 11.9. The summed E-state index contributed by atoms with van der Waals surface area (Å²) in [5, 5.41) is 12.0. The van der Waals surface area contributed by atoms with Crippen molar-refractivity contribution in [3.63, 3.8) is 0 Å². The summed E-state index contributed by atoms with van der Waals surface area (Å²) in [6, 6.07) is 9.66. The fraction of sp³-hybridized carbons (Fsp3) is 0.400. The van der Waals surface area contributed by atoms with Crippen LogP contribution in [-0.2, 0) is 10.2 Å². The van der Waals surface area contributed by atoms with Crippen molar-refractivity contribution in [1.29, 1.82) is 5.26 Å². The number of benzene rings is 1. The highest BCUT2D eigenvalue weighted by atomic mass is 16.2. The van der Waals surface area contributed by atoms with Crippen LogP contribution in [0, 0.1) is 17.2 Å². The van der Waals surface area contributed by atoms with E-state index < -0.39 is 5.41 Å². The van der Waals surface area contributed by atoms with Gasteiger partial charge in [-0.25, -0.2) is 4.98 Å². The molecule has 0 saturated heterocycles. The number of amides is 1. The molecule has 0 saturated carbocycles. The molecule has 2 rings (SSSR count). The van der Waals surface area contributed by atoms with Crippen molar-refractivity contribution in [2.75, 3.05) is 6.54 Å². The summed E-state index contributed by atoms with van der Waals surface area (Å²) in [6.07, 6.45) is 4.10. The number of rotatable bonds is 6. The van der Waals surface area contributed by atoms with Crippen LogP contribution in [0.2, 0.25) is 0 Å². The summed E-state index contributed by atoms with van der Waals surface area (Å²) >= 11 is 0. The second-order valence-corrected chi connectivity index (χ2v) is 6.83. The van der Waals surface area contributed by atoms with Crippen LogP contribution < -0.4 is 5.32 Å². The molecule has 0 aliphatic carbocycles. The molecule has 0 spiro atoms. The molecule has 2 aromatic rings. The molecule has 25 heavy (non-hydrogen) atoms. The number of nitrogens with one attached hydrogen (secondary N) is 1. The second-order valence-electron chi connectivity index (χ2n) is 6.83. The zero-order valence-corrected chi connectivity index (χ0v) is 15.2. The van der Waals surface area contributed by atoms with Crippen molar-refractivity contribution in [2.45, 2.75) is 39.5 Å². The largest absolute Gasteiger partial charge is 0.355 e. The van der Waals surface area contributed by atoms with Crippen LogP contribution in [0.25, 0.3) is 11.3 Å². The number of nitriles is 1. The molecule has 130 valence electrons. The van der Waals surface area contributed by atoms with Crippen LogP contribution in [0.3, 0.4) is 0 Å². The summed E-state index contributed by atoms with van der Waals surface area (Å²) in [5.74, 6) is 0.486. The molecular formula is C20H24N4O. The monoisotopic (exact) mass is 336 g/mol. The molecule has 0 bridgehead atoms. The van der Waals surface area contributed by atoms with Gasteiger partial charge in [-0.05, 0) is 25.3 Å². The smallest absolute Gasteiger partial charge is 0.230 e. The van der Waals surface area contributed by atoms with Gasteiger partial charge in [-0.15, -0.1) is 0 Å². The van der Waals surface area contributed by atoms with Crippen molar-refractivity contribution in [1.82, 2.24) is 15.3 Å². The Hall–Kier alpha value is -2.74. The third-order valence-corrected chi connectivity index (χ3v) is 4.53. The number of hydrogen-bond donors (Lipinski definition) is 1. The van der Waals surface area contributed by atoms with Gasteiger partial charge < -0.3 is 5.32 Å². The van der Waals surface area contributed by atoms with Gasteiger partial charge in [0.25, 0.3) is 0 Å². The van der Waals surface area contributed by atoms with E-state index in [1.807, 2.05) is 44.2 Å². The predicted octanol–water partition coefficient (Wildman–Crippen LogP) is 3.46. The van der Waals surface area contributed by atoms with E-state index in [1.54, 1.807) is 6.20 Å². The van der Waals surface area contributed by atoms with Gasteiger partial charge in [0, 0.05) is 12.1 Å². The van der Waals surface area contributed by atoms with Gasteiger partial charge in [0.2, 0.25) is 5.91 Å². The van der Waals surface area contributed by atoms with Crippen molar-refractivity contribution in [2.24, 2.45) is 5.92 Å². The Labute approximate surface area is 149 Å². The first kappa shape index (κ1) is 18.6. The lowest BCUT2D eigenvalue weighted by Gasteiger charge is -2.25. The Morgan fingerprint density at radius 3 is 2.56 bits per heavy atom. The molecule has 1 aromatic heterocycles. The van der Waals surface area contributed by atoms with Gasteiger partial charge in [-0.1, -0.05) is 44.5 Å². The molecule has 0 unspecified atom stereocenters. The summed E-state index contributed by atoms with van der Waals surface area (Å²) < 4.78 is 0. The van der Waals surface area contributed by atoms with Gasteiger partial charge in [0.05, 0.1) is 23.5 Å². The maximum atomic E-state index is 12.6. The van der Waals surface area contributed by atoms with Crippen molar-refractivity contribution in [3.05, 3.63) is 47.9 Å². The lowest BCUT2D eigenvalue weighted by molar-refractivity contribution is -0.125. The van der Waals surface area contributed by atoms with Gasteiger partial charge in [-0.3, -0.25) is 9.78 Å². The molecule has 0 fully saturated rings. The average molecular weight is 336 g/mol. The number of nitrogens with zero attached hydrogens (tertiary/aromatic N) is 3. The Morgan fingerprint density at radius 2 is 1.96 bits per heavy atom. The van der Waals surface area contributed by atoms with Gasteiger partial charge in [0.15, 0.2) is 5.69 Å². The van der Waals surface area contributed by atoms with Gasteiger partial charge in [0.1, 0.15) is 6.07 Å². The Kier molecular flexibility index (Phi) is 5.87. The van der Waals surface area contributed by atoms with E-state index in [0.29, 0.717) is 18.2 Å². The number of hydrogen-bond acceptors (Lipinski definition) is 4. The minimum absolute atomic E-state index is 0.0202. The molecule has 1 N–H and O–H groups in total. The van der Waals surface area contributed by atoms with Crippen molar-refractivity contribution in [3.8, 4) is 17.3 Å². The first-order valence-corrected chi connectivity index (χ1v) is 8.49. The third kappa shape index (κ3) is 4.42. The third-order valence-electron chi connectivity index (χ3n) is 4.53. The molecule has 5 heteroatoms. The highest BCUT2D eigenvalue weighted by Crippen LogP contribution is 2.26. The number of aromatic nitrogens is 2. The summed E-state index contributed by atoms with van der Waals surface area (Å²) in [7, 11) is 0. The van der Waals surface area contributed by atoms with Crippen LogP contribution in [-0.4, -0.2) is 22.4 Å². The van der Waals surface area contributed by atoms with E-state index in [0.717, 1.165) is 17.5 Å². The van der Waals surface area contributed by atoms with E-state index in [1.165, 1.54) is 6.20 Å². The van der Waals surface area contributed by atoms with Crippen molar-refractivity contribution < 1.29 is 4.79 Å². The molecule has 0 aliphatic rings. The van der Waals surface area contributed by atoms with E-state index in [2.05, 4.69) is 29.1 Å². The van der Waals surface area contributed by atoms with Crippen LogP contribution >= 0.6 is 0 Å². The van der Waals surface area contributed by atoms with Crippen LogP contribution in [0.15, 0.2) is 36.7 Å². The van der Waals surface area contributed by atoms with Crippen LogP contribution in [0.5, 0.6) is 0 Å². The van der Waals surface area contributed by atoms with E-state index in [4.69, 9.17) is 5.26 Å². The molecular weight excluding hydrogens is 312 g/mol. The number of carbonyl (C=O) groups excluding carboxylic acids is 1. The summed E-state index contributed by atoms with van der Waals surface area (Å²) in [6.45, 7) is 8.77. The SMILES string of the molecule is CC[C@H](C)CNC(=O)C(C)(C)c1ccc(-c2cncc(C#N)n2)cc1. The van der Waals surface area contributed by atoms with E-state index >= 15 is 0 Å². The summed E-state index contributed by atoms with van der Waals surface area (Å²) in [5.41, 5.74) is 2.11. The maximum Gasteiger partial charge on any atom is 0.230 e. The molecule has 1 aromatic carbocycles. The minimum Gasteiger partial charge on any atom is -0.355 e. The van der Waals surface area contributed by atoms with Crippen LogP contribution in [0.4, 0.5) is 0 Å². The van der Waals surface area contributed by atoms with Crippen molar-refractivity contribution >= 4 is 5.91 Å². The molecule has 0 radical (unpaired) electrons. The molecule has 1 atom stereocenters. The second kappa shape index (κ2) is 7.89. The Bertz CT molecular complexity index is 775. The Balaban J connectivity index is 2.17. The Morgan fingerprint density at radius 1 is 1.28 bits per heavy atom. The lowest BCUT2D eigenvalue weighted by atomic mass is 9.83. The minimum atomic E-state index is -0.619. The average Bonchev–Trinajstić information content (AvgIpc) is 2.65. The topological polar surface area (TPSA) is 78.7 Å². The molecule has 0 aliphatic heterocycles. The lowest BCUT2D eigenvalue weighted by Crippen LogP contribution is -2.41. The quantitative estimate of drug-likeness (QED) is 0.876. The summed E-state index contributed by atoms with van der Waals surface area (Å²) in [4.78, 5) is 20.8. The normalized spacial score (nSPS) is 12.3. The van der Waals surface area contributed by atoms with Gasteiger partial charge in [-0.2, -0.15) is 5.26 Å². The predicted molar refractivity (Wildman–Crippen MR) is 97.7 cm³/mol. The van der Waals surface area contributed by atoms with E-state index in [9.17, 15) is 4.79 Å². The van der Waals surface area contributed by atoms with E-state index in [-0.39, 0.29) is 11.6 Å². The number of carbonyl (C=O) groups is 1. The zero-order valence-electron chi connectivity index (χ0n) is 15.2. The zero-order chi connectivity index (χ0) is 18.4. The standard InChI is InChI=1S/C20H24N4O/c1-5-14(2)11-23-19(25)20(3,4)16-8-6-15(7-9-16)18-13-22-12-17(10-21)24-18/h6-9,12-14H,5,11H2,1-4H3,(H,23,25)/t14-/m0/s1. The first-order valence-electron chi connectivity index (χ1n) is 8.49. The van der Waals surface area contributed by atoms with Gasteiger partial charge >= 0.3 is 0 Å². The molecule has 1 heterocycles. The van der Waals surface area contributed by atoms with Crippen LogP contribution in [0.1, 0.15) is 45.4 Å². The highest BCUT2D eigenvalue weighted by Gasteiger charge is 2.29.